The van der Waals surface area contributed by atoms with E-state index in [1.165, 1.54) is 0 Å². The topological polar surface area (TPSA) is 38.3 Å². The Labute approximate surface area is 108 Å². The molecule has 18 heavy (non-hydrogen) atoms. The molecule has 0 aromatic heterocycles. The first-order chi connectivity index (χ1) is 8.72. The number of carbonyl (C=O) groups is 1. The van der Waals surface area contributed by atoms with Crippen molar-refractivity contribution >= 4 is 5.91 Å². The standard InChI is InChI=1S/C15H19NO2/c1-3-6-11(2)15(17)16-13-9-10-18-14-8-5-4-7-12(13)14/h4-8,13H,3,9-10H2,1-2H3,(H,16,17)/b11-6-/t13-/m0/s1. The van der Waals surface area contributed by atoms with E-state index in [4.69, 9.17) is 4.74 Å². The van der Waals surface area contributed by atoms with E-state index in [0.717, 1.165) is 29.7 Å². The van der Waals surface area contributed by atoms with Crippen LogP contribution in [0.25, 0.3) is 0 Å². The molecular weight excluding hydrogens is 226 g/mol. The summed E-state index contributed by atoms with van der Waals surface area (Å²) < 4.78 is 5.58. The van der Waals surface area contributed by atoms with Gasteiger partial charge in [-0.3, -0.25) is 4.79 Å². The van der Waals surface area contributed by atoms with Crippen molar-refractivity contribution < 1.29 is 9.53 Å². The second-order valence-electron chi connectivity index (χ2n) is 4.50. The van der Waals surface area contributed by atoms with Crippen LogP contribution in [0.15, 0.2) is 35.9 Å². The highest BCUT2D eigenvalue weighted by molar-refractivity contribution is 5.93. The molecule has 1 amide bonds. The monoisotopic (exact) mass is 245 g/mol. The average Bonchev–Trinajstić information content (AvgIpc) is 2.39. The van der Waals surface area contributed by atoms with Gasteiger partial charge in [-0.25, -0.2) is 0 Å². The fraction of sp³-hybridized carbons (Fsp3) is 0.400. The van der Waals surface area contributed by atoms with Crippen LogP contribution < -0.4 is 10.1 Å². The van der Waals surface area contributed by atoms with Crippen LogP contribution in [0.1, 0.15) is 38.3 Å². The summed E-state index contributed by atoms with van der Waals surface area (Å²) in [6, 6.07) is 7.94. The lowest BCUT2D eigenvalue weighted by molar-refractivity contribution is -0.118. The second kappa shape index (κ2) is 5.71. The zero-order valence-corrected chi connectivity index (χ0v) is 10.9. The number of carbonyl (C=O) groups excluding carboxylic acids is 1. The number of hydrogen-bond donors (Lipinski definition) is 1. The molecule has 3 nitrogen and oxygen atoms in total. The van der Waals surface area contributed by atoms with Crippen LogP contribution in [0, 0.1) is 0 Å². The molecule has 1 N–H and O–H groups in total. The molecule has 1 atom stereocenters. The molecule has 0 radical (unpaired) electrons. The SMILES string of the molecule is CC/C=C(/C)C(=O)N[C@H]1CCOc2ccccc21. The van der Waals surface area contributed by atoms with Crippen LogP contribution in [0.5, 0.6) is 5.75 Å². The molecular formula is C15H19NO2. The Morgan fingerprint density at radius 1 is 1.50 bits per heavy atom. The van der Waals surface area contributed by atoms with Gasteiger partial charge in [0.1, 0.15) is 5.75 Å². The van der Waals surface area contributed by atoms with Gasteiger partial charge in [0.15, 0.2) is 0 Å². The van der Waals surface area contributed by atoms with Gasteiger partial charge in [0.05, 0.1) is 12.6 Å². The third-order valence-corrected chi connectivity index (χ3v) is 3.13. The molecule has 1 heterocycles. The summed E-state index contributed by atoms with van der Waals surface area (Å²) in [4.78, 5) is 12.0. The van der Waals surface area contributed by atoms with E-state index in [1.807, 2.05) is 44.2 Å². The highest BCUT2D eigenvalue weighted by Crippen LogP contribution is 2.31. The third kappa shape index (κ3) is 2.73. The van der Waals surface area contributed by atoms with Crippen LogP contribution in [-0.4, -0.2) is 12.5 Å². The Bertz CT molecular complexity index is 465. The van der Waals surface area contributed by atoms with Crippen molar-refractivity contribution in [1.82, 2.24) is 5.32 Å². The number of hydrogen-bond acceptors (Lipinski definition) is 2. The van der Waals surface area contributed by atoms with E-state index >= 15 is 0 Å². The van der Waals surface area contributed by atoms with Crippen molar-refractivity contribution in [3.63, 3.8) is 0 Å². The maximum atomic E-state index is 12.0. The third-order valence-electron chi connectivity index (χ3n) is 3.13. The molecule has 1 aromatic rings. The fourth-order valence-electron chi connectivity index (χ4n) is 2.16. The molecule has 2 rings (SSSR count). The van der Waals surface area contributed by atoms with Gasteiger partial charge in [0, 0.05) is 17.6 Å². The van der Waals surface area contributed by atoms with E-state index in [9.17, 15) is 4.79 Å². The quantitative estimate of drug-likeness (QED) is 0.831. The molecule has 0 saturated heterocycles. The molecule has 96 valence electrons. The van der Waals surface area contributed by atoms with Crippen LogP contribution in [0.3, 0.4) is 0 Å². The normalized spacial score (nSPS) is 18.8. The zero-order chi connectivity index (χ0) is 13.0. The average molecular weight is 245 g/mol. The minimum absolute atomic E-state index is 0.0125. The van der Waals surface area contributed by atoms with Gasteiger partial charge in [-0.15, -0.1) is 0 Å². The van der Waals surface area contributed by atoms with Gasteiger partial charge < -0.3 is 10.1 Å². The summed E-state index contributed by atoms with van der Waals surface area (Å²) in [7, 11) is 0. The van der Waals surface area contributed by atoms with Gasteiger partial charge in [-0.1, -0.05) is 31.2 Å². The predicted molar refractivity (Wildman–Crippen MR) is 71.5 cm³/mol. The largest absolute Gasteiger partial charge is 0.493 e. The van der Waals surface area contributed by atoms with E-state index in [1.54, 1.807) is 0 Å². The van der Waals surface area contributed by atoms with Crippen molar-refractivity contribution in [2.24, 2.45) is 0 Å². The molecule has 0 fully saturated rings. The summed E-state index contributed by atoms with van der Waals surface area (Å²) >= 11 is 0. The van der Waals surface area contributed by atoms with Gasteiger partial charge in [0.2, 0.25) is 5.91 Å². The Hall–Kier alpha value is -1.77. The minimum Gasteiger partial charge on any atom is -0.493 e. The lowest BCUT2D eigenvalue weighted by atomic mass is 10.00. The minimum atomic E-state index is 0.0125. The summed E-state index contributed by atoms with van der Waals surface area (Å²) in [5, 5.41) is 3.07. The number of fused-ring (bicyclic) bond motifs is 1. The van der Waals surface area contributed by atoms with Gasteiger partial charge in [-0.2, -0.15) is 0 Å². The van der Waals surface area contributed by atoms with Crippen molar-refractivity contribution in [2.45, 2.75) is 32.7 Å². The number of nitrogens with one attached hydrogen (secondary N) is 1. The summed E-state index contributed by atoms with van der Waals surface area (Å²) in [6.07, 6.45) is 3.65. The number of amides is 1. The number of allylic oxidation sites excluding steroid dienone is 1. The number of para-hydroxylation sites is 1. The van der Waals surface area contributed by atoms with Gasteiger partial charge >= 0.3 is 0 Å². The molecule has 3 heteroatoms. The molecule has 0 aliphatic carbocycles. The number of benzene rings is 1. The molecule has 1 aromatic carbocycles. The van der Waals surface area contributed by atoms with Crippen molar-refractivity contribution in [3.8, 4) is 5.75 Å². The van der Waals surface area contributed by atoms with Crippen LogP contribution in [0.2, 0.25) is 0 Å². The fourth-order valence-corrected chi connectivity index (χ4v) is 2.16. The molecule has 1 aliphatic rings. The van der Waals surface area contributed by atoms with Gasteiger partial charge in [0.25, 0.3) is 0 Å². The van der Waals surface area contributed by atoms with Gasteiger partial charge in [-0.05, 0) is 19.4 Å². The van der Waals surface area contributed by atoms with Crippen LogP contribution in [0.4, 0.5) is 0 Å². The molecule has 0 bridgehead atoms. The van der Waals surface area contributed by atoms with E-state index in [2.05, 4.69) is 5.32 Å². The number of rotatable bonds is 3. The van der Waals surface area contributed by atoms with E-state index < -0.39 is 0 Å². The van der Waals surface area contributed by atoms with Crippen molar-refractivity contribution in [2.75, 3.05) is 6.61 Å². The molecule has 1 aliphatic heterocycles. The van der Waals surface area contributed by atoms with Crippen molar-refractivity contribution in [1.29, 1.82) is 0 Å². The molecule has 0 unspecified atom stereocenters. The van der Waals surface area contributed by atoms with E-state index in [0.29, 0.717) is 6.61 Å². The second-order valence-corrected chi connectivity index (χ2v) is 4.50. The first kappa shape index (κ1) is 12.7. The lowest BCUT2D eigenvalue weighted by Crippen LogP contribution is -2.32. The zero-order valence-electron chi connectivity index (χ0n) is 10.9. The summed E-state index contributed by atoms with van der Waals surface area (Å²) in [5.74, 6) is 0.893. The molecule has 0 saturated carbocycles. The summed E-state index contributed by atoms with van der Waals surface area (Å²) in [5.41, 5.74) is 1.85. The maximum Gasteiger partial charge on any atom is 0.247 e. The van der Waals surface area contributed by atoms with Crippen LogP contribution >= 0.6 is 0 Å². The molecule has 0 spiro atoms. The van der Waals surface area contributed by atoms with Crippen LogP contribution in [-0.2, 0) is 4.79 Å². The first-order valence-electron chi connectivity index (χ1n) is 6.41. The smallest absolute Gasteiger partial charge is 0.247 e. The Balaban J connectivity index is 2.12. The van der Waals surface area contributed by atoms with Crippen molar-refractivity contribution in [3.05, 3.63) is 41.5 Å². The van der Waals surface area contributed by atoms with E-state index in [-0.39, 0.29) is 11.9 Å². The Kier molecular flexibility index (Phi) is 4.03. The first-order valence-corrected chi connectivity index (χ1v) is 6.41. The lowest BCUT2D eigenvalue weighted by Gasteiger charge is -2.26. The highest BCUT2D eigenvalue weighted by Gasteiger charge is 2.22. The number of ether oxygens (including phenoxy) is 1. The predicted octanol–water partition coefficient (Wildman–Crippen LogP) is 2.98. The maximum absolute atomic E-state index is 12.0. The summed E-state index contributed by atoms with van der Waals surface area (Å²) in [6.45, 7) is 4.53. The Morgan fingerprint density at radius 3 is 3.06 bits per heavy atom. The Morgan fingerprint density at radius 2 is 2.28 bits per heavy atom. The highest BCUT2D eigenvalue weighted by atomic mass is 16.5.